The fourth-order valence-electron chi connectivity index (χ4n) is 2.34. The van der Waals surface area contributed by atoms with Crippen LogP contribution in [0.3, 0.4) is 0 Å². The molecule has 2 aromatic rings. The topological polar surface area (TPSA) is 59.6 Å². The fourth-order valence-corrected chi connectivity index (χ4v) is 2.34. The molecule has 0 unspecified atom stereocenters. The molecular formula is C18H19F3N2O3. The predicted molar refractivity (Wildman–Crippen MR) is 91.3 cm³/mol. The van der Waals surface area contributed by atoms with Gasteiger partial charge in [-0.3, -0.25) is 4.79 Å². The summed E-state index contributed by atoms with van der Waals surface area (Å²) in [6.07, 6.45) is -4.53. The number of rotatable bonds is 7. The lowest BCUT2D eigenvalue weighted by molar-refractivity contribution is -0.137. The Morgan fingerprint density at radius 3 is 2.38 bits per heavy atom. The Morgan fingerprint density at radius 1 is 1.04 bits per heavy atom. The van der Waals surface area contributed by atoms with Gasteiger partial charge in [0.05, 0.1) is 32.0 Å². The fraction of sp³-hybridized carbons (Fsp3) is 0.278. The molecule has 0 heterocycles. The smallest absolute Gasteiger partial charge is 0.418 e. The van der Waals surface area contributed by atoms with Crippen molar-refractivity contribution in [3.05, 3.63) is 53.6 Å². The lowest BCUT2D eigenvalue weighted by Gasteiger charge is -2.14. The van der Waals surface area contributed by atoms with E-state index in [1.54, 1.807) is 18.2 Å². The summed E-state index contributed by atoms with van der Waals surface area (Å²) in [6.45, 7) is 0.204. The number of hydrogen-bond donors (Lipinski definition) is 2. The normalized spacial score (nSPS) is 11.1. The maximum Gasteiger partial charge on any atom is 0.418 e. The van der Waals surface area contributed by atoms with Crippen LogP contribution in [0.1, 0.15) is 11.1 Å². The van der Waals surface area contributed by atoms with Gasteiger partial charge in [0.25, 0.3) is 0 Å². The highest BCUT2D eigenvalue weighted by Gasteiger charge is 2.33. The van der Waals surface area contributed by atoms with Crippen LogP contribution in [0.25, 0.3) is 0 Å². The van der Waals surface area contributed by atoms with E-state index in [4.69, 9.17) is 9.47 Å². The van der Waals surface area contributed by atoms with Gasteiger partial charge in [-0.25, -0.2) is 0 Å². The number of methoxy groups -OCH3 is 2. The molecule has 140 valence electrons. The van der Waals surface area contributed by atoms with Crippen LogP contribution in [0.15, 0.2) is 42.5 Å². The minimum absolute atomic E-state index is 0.138. The first-order chi connectivity index (χ1) is 12.3. The third-order valence-electron chi connectivity index (χ3n) is 3.57. The van der Waals surface area contributed by atoms with E-state index in [-0.39, 0.29) is 12.2 Å². The number of carbonyl (C=O) groups is 1. The van der Waals surface area contributed by atoms with E-state index in [9.17, 15) is 18.0 Å². The summed E-state index contributed by atoms with van der Waals surface area (Å²) in [5.41, 5.74) is -0.308. The first kappa shape index (κ1) is 19.6. The molecule has 0 fully saturated rings. The van der Waals surface area contributed by atoms with Crippen molar-refractivity contribution < 1.29 is 27.4 Å². The molecule has 2 aromatic carbocycles. The Bertz CT molecular complexity index is 764. The van der Waals surface area contributed by atoms with Crippen molar-refractivity contribution in [1.29, 1.82) is 0 Å². The van der Waals surface area contributed by atoms with Crippen molar-refractivity contribution in [3.8, 4) is 11.5 Å². The van der Waals surface area contributed by atoms with E-state index < -0.39 is 17.6 Å². The molecule has 2 N–H and O–H groups in total. The van der Waals surface area contributed by atoms with Crippen molar-refractivity contribution in [3.63, 3.8) is 0 Å². The van der Waals surface area contributed by atoms with E-state index in [0.29, 0.717) is 18.0 Å². The SMILES string of the molecule is COc1ccc(CNCC(=O)Nc2ccccc2C(F)(F)F)cc1OC. The van der Waals surface area contributed by atoms with Crippen molar-refractivity contribution in [2.75, 3.05) is 26.1 Å². The van der Waals surface area contributed by atoms with E-state index in [2.05, 4.69) is 10.6 Å². The monoisotopic (exact) mass is 368 g/mol. The molecule has 2 rings (SSSR count). The molecule has 0 aliphatic carbocycles. The van der Waals surface area contributed by atoms with Gasteiger partial charge >= 0.3 is 6.18 Å². The van der Waals surface area contributed by atoms with Gasteiger partial charge in [-0.15, -0.1) is 0 Å². The zero-order chi connectivity index (χ0) is 19.2. The first-order valence-corrected chi connectivity index (χ1v) is 7.73. The molecule has 5 nitrogen and oxygen atoms in total. The van der Waals surface area contributed by atoms with Crippen molar-refractivity contribution in [2.45, 2.75) is 12.7 Å². The van der Waals surface area contributed by atoms with E-state index in [1.165, 1.54) is 32.4 Å². The first-order valence-electron chi connectivity index (χ1n) is 7.73. The van der Waals surface area contributed by atoms with Crippen LogP contribution >= 0.6 is 0 Å². The van der Waals surface area contributed by atoms with Gasteiger partial charge in [0, 0.05) is 6.54 Å². The number of anilines is 1. The van der Waals surface area contributed by atoms with Gasteiger partial charge in [-0.05, 0) is 29.8 Å². The summed E-state index contributed by atoms with van der Waals surface area (Å²) in [7, 11) is 3.04. The zero-order valence-corrected chi connectivity index (χ0v) is 14.3. The molecule has 0 saturated heterocycles. The lowest BCUT2D eigenvalue weighted by Crippen LogP contribution is -2.28. The van der Waals surface area contributed by atoms with Gasteiger partial charge in [0.2, 0.25) is 5.91 Å². The molecule has 0 radical (unpaired) electrons. The lowest BCUT2D eigenvalue weighted by atomic mass is 10.1. The van der Waals surface area contributed by atoms with Crippen molar-refractivity contribution in [1.82, 2.24) is 5.32 Å². The Labute approximate surface area is 149 Å². The Hall–Kier alpha value is -2.74. The number of carbonyl (C=O) groups excluding carboxylic acids is 1. The maximum absolute atomic E-state index is 12.9. The summed E-state index contributed by atoms with van der Waals surface area (Å²) in [5, 5.41) is 5.16. The number of halogens is 3. The number of nitrogens with one attached hydrogen (secondary N) is 2. The zero-order valence-electron chi connectivity index (χ0n) is 14.3. The highest BCUT2D eigenvalue weighted by molar-refractivity contribution is 5.93. The summed E-state index contributed by atoms with van der Waals surface area (Å²) < 4.78 is 49.1. The average Bonchev–Trinajstić information content (AvgIpc) is 2.61. The molecule has 8 heteroatoms. The number of benzene rings is 2. The van der Waals surface area contributed by atoms with Gasteiger partial charge in [-0.1, -0.05) is 18.2 Å². The standard InChI is InChI=1S/C18H19F3N2O3/c1-25-15-8-7-12(9-16(15)26-2)10-22-11-17(24)23-14-6-4-3-5-13(14)18(19,20)21/h3-9,22H,10-11H2,1-2H3,(H,23,24). The summed E-state index contributed by atoms with van der Waals surface area (Å²) in [6, 6.07) is 10.1. The van der Waals surface area contributed by atoms with Crippen LogP contribution in [0.2, 0.25) is 0 Å². The van der Waals surface area contributed by atoms with E-state index >= 15 is 0 Å². The summed E-state index contributed by atoms with van der Waals surface area (Å²) >= 11 is 0. The van der Waals surface area contributed by atoms with Crippen LogP contribution in [0, 0.1) is 0 Å². The highest BCUT2D eigenvalue weighted by Crippen LogP contribution is 2.34. The Morgan fingerprint density at radius 2 is 1.73 bits per heavy atom. The van der Waals surface area contributed by atoms with Gasteiger partial charge in [0.1, 0.15) is 0 Å². The molecule has 0 saturated carbocycles. The largest absolute Gasteiger partial charge is 0.493 e. The summed E-state index contributed by atoms with van der Waals surface area (Å²) in [5.74, 6) is 0.565. The Kier molecular flexibility index (Phi) is 6.46. The van der Waals surface area contributed by atoms with E-state index in [1.807, 2.05) is 0 Å². The van der Waals surface area contributed by atoms with Gasteiger partial charge in [0.15, 0.2) is 11.5 Å². The third kappa shape index (κ3) is 5.13. The van der Waals surface area contributed by atoms with Crippen LogP contribution in [0.5, 0.6) is 11.5 Å². The molecule has 0 atom stereocenters. The van der Waals surface area contributed by atoms with Crippen LogP contribution in [0.4, 0.5) is 18.9 Å². The molecule has 1 amide bonds. The number of para-hydroxylation sites is 1. The van der Waals surface area contributed by atoms with E-state index in [0.717, 1.165) is 11.6 Å². The van der Waals surface area contributed by atoms with Crippen LogP contribution in [-0.4, -0.2) is 26.7 Å². The molecular weight excluding hydrogens is 349 g/mol. The molecule has 26 heavy (non-hydrogen) atoms. The number of amides is 1. The predicted octanol–water partition coefficient (Wildman–Crippen LogP) is 3.45. The number of hydrogen-bond acceptors (Lipinski definition) is 4. The Balaban J connectivity index is 1.92. The number of ether oxygens (including phenoxy) is 2. The second-order valence-corrected chi connectivity index (χ2v) is 5.38. The molecule has 0 bridgehead atoms. The second kappa shape index (κ2) is 8.57. The van der Waals surface area contributed by atoms with Crippen molar-refractivity contribution >= 4 is 11.6 Å². The summed E-state index contributed by atoms with van der Waals surface area (Å²) in [4.78, 5) is 11.9. The van der Waals surface area contributed by atoms with Crippen molar-refractivity contribution in [2.24, 2.45) is 0 Å². The average molecular weight is 368 g/mol. The van der Waals surface area contributed by atoms with Crippen LogP contribution in [-0.2, 0) is 17.5 Å². The van der Waals surface area contributed by atoms with Crippen LogP contribution < -0.4 is 20.1 Å². The molecule has 0 aromatic heterocycles. The second-order valence-electron chi connectivity index (χ2n) is 5.38. The minimum Gasteiger partial charge on any atom is -0.493 e. The van der Waals surface area contributed by atoms with Gasteiger partial charge in [-0.2, -0.15) is 13.2 Å². The highest BCUT2D eigenvalue weighted by atomic mass is 19.4. The molecule has 0 spiro atoms. The van der Waals surface area contributed by atoms with Gasteiger partial charge < -0.3 is 20.1 Å². The quantitative estimate of drug-likeness (QED) is 0.786. The number of alkyl halides is 3. The maximum atomic E-state index is 12.9. The third-order valence-corrected chi connectivity index (χ3v) is 3.57. The molecule has 0 aliphatic rings. The molecule has 0 aliphatic heterocycles. The minimum atomic E-state index is -4.53.